The number of nitrogens with zero attached hydrogens (tertiary/aromatic N) is 2. The van der Waals surface area contributed by atoms with E-state index in [0.717, 1.165) is 40.6 Å². The Hall–Kier alpha value is -2.93. The Morgan fingerprint density at radius 3 is 2.30 bits per heavy atom. The molecule has 0 aliphatic heterocycles. The summed E-state index contributed by atoms with van der Waals surface area (Å²) in [6, 6.07) is 10.4. The molecule has 2 heterocycles. The van der Waals surface area contributed by atoms with Gasteiger partial charge >= 0.3 is 5.97 Å². The standard InChI is InChI=1S/C26H32N2O2S.C4H9NO/c1-17-21(25(29)30)14-23(28(17)15-18-8-6-5-7-9-18)22-16-31-24(27-22)19-10-12-20(13-11-19)26(2,3)4;1-2-3-4(5)6/h10-14,16,18H,5-9,15H2,1-4H3,(H,29,30);2-3H2,1H3,(H2,5,6). The Morgan fingerprint density at radius 1 is 1.14 bits per heavy atom. The molecule has 3 N–H and O–H groups in total. The highest BCUT2D eigenvalue weighted by Gasteiger charge is 2.23. The third-order valence-corrected chi connectivity index (χ3v) is 7.91. The molecule has 37 heavy (non-hydrogen) atoms. The summed E-state index contributed by atoms with van der Waals surface area (Å²) >= 11 is 1.62. The van der Waals surface area contributed by atoms with Crippen LogP contribution in [0.2, 0.25) is 0 Å². The van der Waals surface area contributed by atoms with Gasteiger partial charge < -0.3 is 15.4 Å². The number of nitrogens with two attached hydrogens (primary N) is 1. The molecule has 1 amide bonds. The second-order valence-corrected chi connectivity index (χ2v) is 11.9. The first-order chi connectivity index (χ1) is 17.5. The zero-order valence-corrected chi connectivity index (χ0v) is 23.7. The lowest BCUT2D eigenvalue weighted by atomic mass is 9.87. The van der Waals surface area contributed by atoms with E-state index in [2.05, 4.69) is 55.0 Å². The quantitative estimate of drug-likeness (QED) is 0.336. The molecule has 7 heteroatoms. The van der Waals surface area contributed by atoms with E-state index in [9.17, 15) is 14.7 Å². The van der Waals surface area contributed by atoms with E-state index in [1.807, 2.05) is 19.9 Å². The van der Waals surface area contributed by atoms with Crippen molar-refractivity contribution in [3.63, 3.8) is 0 Å². The second-order valence-electron chi connectivity index (χ2n) is 11.0. The molecule has 0 spiro atoms. The second kappa shape index (κ2) is 12.5. The molecule has 6 nitrogen and oxygen atoms in total. The minimum Gasteiger partial charge on any atom is -0.478 e. The van der Waals surface area contributed by atoms with Crippen molar-refractivity contribution in [2.45, 2.75) is 91.5 Å². The number of rotatable bonds is 7. The van der Waals surface area contributed by atoms with Crippen molar-refractivity contribution in [3.8, 4) is 22.0 Å². The number of primary amides is 1. The van der Waals surface area contributed by atoms with Crippen LogP contribution in [0.5, 0.6) is 0 Å². The lowest BCUT2D eigenvalue weighted by Gasteiger charge is -2.24. The molecule has 2 aromatic heterocycles. The summed E-state index contributed by atoms with van der Waals surface area (Å²) in [5.74, 6) is -0.463. The Bertz CT molecular complexity index is 1200. The van der Waals surface area contributed by atoms with Gasteiger partial charge in [-0.05, 0) is 49.1 Å². The summed E-state index contributed by atoms with van der Waals surface area (Å²) in [7, 11) is 0. The van der Waals surface area contributed by atoms with Crippen molar-refractivity contribution < 1.29 is 14.7 Å². The Balaban J connectivity index is 0.000000568. The van der Waals surface area contributed by atoms with Gasteiger partial charge in [-0.2, -0.15) is 0 Å². The molecular formula is C30H41N3O3S. The Morgan fingerprint density at radius 2 is 1.78 bits per heavy atom. The number of carbonyl (C=O) groups is 2. The molecule has 0 unspecified atom stereocenters. The number of carboxylic acids is 1. The first kappa shape index (κ1) is 28.6. The van der Waals surface area contributed by atoms with Gasteiger partial charge in [-0.25, -0.2) is 9.78 Å². The maximum Gasteiger partial charge on any atom is 0.337 e. The maximum atomic E-state index is 11.8. The monoisotopic (exact) mass is 523 g/mol. The molecule has 1 aliphatic carbocycles. The zero-order valence-electron chi connectivity index (χ0n) is 22.8. The number of amides is 1. The minimum absolute atomic E-state index is 0.122. The molecular weight excluding hydrogens is 482 g/mol. The SMILES string of the molecule is CCCC(N)=O.Cc1c(C(=O)O)cc(-c2csc(-c3ccc(C(C)(C)C)cc3)n2)n1CC1CCCCC1. The molecule has 0 atom stereocenters. The third kappa shape index (κ3) is 7.54. The molecule has 1 aliphatic rings. The summed E-state index contributed by atoms with van der Waals surface area (Å²) in [6.07, 6.45) is 7.69. The van der Waals surface area contributed by atoms with E-state index in [-0.39, 0.29) is 11.3 Å². The maximum absolute atomic E-state index is 11.8. The van der Waals surface area contributed by atoms with Gasteiger partial charge in [0.2, 0.25) is 5.91 Å². The molecule has 4 rings (SSSR count). The number of aromatic nitrogens is 2. The topological polar surface area (TPSA) is 98.2 Å². The normalized spacial score (nSPS) is 14.2. The minimum atomic E-state index is -0.866. The number of benzene rings is 1. The number of hydrogen-bond donors (Lipinski definition) is 2. The predicted molar refractivity (Wildman–Crippen MR) is 152 cm³/mol. The molecule has 1 fully saturated rings. The van der Waals surface area contributed by atoms with Gasteiger partial charge in [-0.1, -0.05) is 71.2 Å². The Kier molecular flexibility index (Phi) is 9.71. The largest absolute Gasteiger partial charge is 0.478 e. The van der Waals surface area contributed by atoms with E-state index in [1.54, 1.807) is 11.3 Å². The fraction of sp³-hybridized carbons (Fsp3) is 0.500. The highest BCUT2D eigenvalue weighted by molar-refractivity contribution is 7.13. The first-order valence-corrected chi connectivity index (χ1v) is 14.2. The number of hydrogen-bond acceptors (Lipinski definition) is 4. The van der Waals surface area contributed by atoms with Crippen molar-refractivity contribution in [1.82, 2.24) is 9.55 Å². The van der Waals surface area contributed by atoms with Crippen LogP contribution in [-0.2, 0) is 16.8 Å². The van der Waals surface area contributed by atoms with Crippen LogP contribution in [0.25, 0.3) is 22.0 Å². The molecule has 3 aromatic rings. The summed E-state index contributed by atoms with van der Waals surface area (Å²) in [5, 5.41) is 12.7. The van der Waals surface area contributed by atoms with E-state index >= 15 is 0 Å². The lowest BCUT2D eigenvalue weighted by molar-refractivity contribution is -0.118. The molecule has 200 valence electrons. The first-order valence-electron chi connectivity index (χ1n) is 13.3. The van der Waals surface area contributed by atoms with Gasteiger partial charge in [0, 0.05) is 29.6 Å². The van der Waals surface area contributed by atoms with Gasteiger partial charge in [-0.3, -0.25) is 4.79 Å². The van der Waals surface area contributed by atoms with Crippen LogP contribution in [-0.4, -0.2) is 26.5 Å². The number of carboxylic acid groups (broad SMARTS) is 1. The highest BCUT2D eigenvalue weighted by Crippen LogP contribution is 2.34. The number of thiazole rings is 1. The van der Waals surface area contributed by atoms with Crippen LogP contribution >= 0.6 is 11.3 Å². The van der Waals surface area contributed by atoms with Crippen LogP contribution in [0, 0.1) is 12.8 Å². The van der Waals surface area contributed by atoms with Crippen LogP contribution in [0.15, 0.2) is 35.7 Å². The van der Waals surface area contributed by atoms with Crippen LogP contribution in [0.3, 0.4) is 0 Å². The highest BCUT2D eigenvalue weighted by atomic mass is 32.1. The van der Waals surface area contributed by atoms with Gasteiger partial charge in [0.15, 0.2) is 0 Å². The molecule has 0 radical (unpaired) electrons. The summed E-state index contributed by atoms with van der Waals surface area (Å²) in [4.78, 5) is 26.6. The number of aromatic carboxylic acids is 1. The Labute approximate surface area is 224 Å². The van der Waals surface area contributed by atoms with E-state index in [0.29, 0.717) is 17.9 Å². The predicted octanol–water partition coefficient (Wildman–Crippen LogP) is 7.43. The van der Waals surface area contributed by atoms with Crippen LogP contribution in [0.1, 0.15) is 94.3 Å². The fourth-order valence-corrected chi connectivity index (χ4v) is 5.64. The van der Waals surface area contributed by atoms with Crippen LogP contribution < -0.4 is 5.73 Å². The summed E-state index contributed by atoms with van der Waals surface area (Å²) in [5.41, 5.74) is 10.3. The zero-order chi connectivity index (χ0) is 27.2. The van der Waals surface area contributed by atoms with Gasteiger partial charge in [0.1, 0.15) is 5.01 Å². The van der Waals surface area contributed by atoms with Crippen molar-refractivity contribution in [2.24, 2.45) is 11.7 Å². The van der Waals surface area contributed by atoms with E-state index in [4.69, 9.17) is 10.7 Å². The molecule has 0 bridgehead atoms. The smallest absolute Gasteiger partial charge is 0.337 e. The van der Waals surface area contributed by atoms with Crippen molar-refractivity contribution >= 4 is 23.2 Å². The average Bonchev–Trinajstić information content (AvgIpc) is 3.45. The molecule has 0 saturated heterocycles. The molecule has 1 aromatic carbocycles. The fourth-order valence-electron chi connectivity index (χ4n) is 4.82. The third-order valence-electron chi connectivity index (χ3n) is 7.02. The van der Waals surface area contributed by atoms with Crippen molar-refractivity contribution in [1.29, 1.82) is 0 Å². The van der Waals surface area contributed by atoms with Crippen molar-refractivity contribution in [3.05, 3.63) is 52.5 Å². The van der Waals surface area contributed by atoms with Crippen molar-refractivity contribution in [2.75, 3.05) is 0 Å². The van der Waals surface area contributed by atoms with E-state index < -0.39 is 5.97 Å². The van der Waals surface area contributed by atoms with Crippen LogP contribution in [0.4, 0.5) is 0 Å². The average molecular weight is 524 g/mol. The molecule has 1 saturated carbocycles. The van der Waals surface area contributed by atoms with Gasteiger partial charge in [0.05, 0.1) is 17.0 Å². The summed E-state index contributed by atoms with van der Waals surface area (Å²) < 4.78 is 2.20. The van der Waals surface area contributed by atoms with Gasteiger partial charge in [-0.15, -0.1) is 11.3 Å². The summed E-state index contributed by atoms with van der Waals surface area (Å²) in [6.45, 7) is 11.4. The number of carbonyl (C=O) groups excluding carboxylic acids is 1. The van der Waals surface area contributed by atoms with E-state index in [1.165, 1.54) is 37.7 Å². The lowest BCUT2D eigenvalue weighted by Crippen LogP contribution is -2.16. The van der Waals surface area contributed by atoms with Gasteiger partial charge in [0.25, 0.3) is 0 Å².